The Morgan fingerprint density at radius 1 is 0.383 bits per heavy atom. The van der Waals surface area contributed by atoms with Crippen LogP contribution in [0.15, 0.2) is 168 Å². The molecule has 0 aliphatic heterocycles. The third-order valence-electron chi connectivity index (χ3n) is 9.43. The second kappa shape index (κ2) is 10.3. The predicted octanol–water partition coefficient (Wildman–Crippen LogP) is 13.4. The van der Waals surface area contributed by atoms with E-state index in [2.05, 4.69) is 157 Å². The molecule has 220 valence electrons. The fourth-order valence-electron chi connectivity index (χ4n) is 7.22. The first-order valence-electron chi connectivity index (χ1n) is 15.9. The van der Waals surface area contributed by atoms with Crippen molar-refractivity contribution in [2.45, 2.75) is 0 Å². The molecule has 2 aromatic heterocycles. The van der Waals surface area contributed by atoms with Gasteiger partial charge in [-0.2, -0.15) is 0 Å². The van der Waals surface area contributed by atoms with Crippen LogP contribution in [0.5, 0.6) is 0 Å². The van der Waals surface area contributed by atoms with E-state index < -0.39 is 0 Å². The lowest BCUT2D eigenvalue weighted by Gasteiger charge is -2.26. The zero-order valence-corrected chi connectivity index (χ0v) is 26.2. The van der Waals surface area contributed by atoms with Gasteiger partial charge in [-0.25, -0.2) is 0 Å². The topological polar surface area (TPSA) is 16.4 Å². The molecule has 0 N–H and O–H groups in total. The minimum Gasteiger partial charge on any atom is -0.456 e. The van der Waals surface area contributed by atoms with E-state index >= 15 is 0 Å². The number of para-hydroxylation sites is 1. The van der Waals surface area contributed by atoms with Crippen LogP contribution in [0.2, 0.25) is 0 Å². The van der Waals surface area contributed by atoms with Gasteiger partial charge in [-0.05, 0) is 93.3 Å². The van der Waals surface area contributed by atoms with E-state index in [4.69, 9.17) is 4.42 Å². The van der Waals surface area contributed by atoms with Crippen molar-refractivity contribution in [2.24, 2.45) is 0 Å². The molecule has 0 bridgehead atoms. The number of fused-ring (bicyclic) bond motifs is 10. The van der Waals surface area contributed by atoms with Crippen molar-refractivity contribution >= 4 is 92.1 Å². The average molecular weight is 618 g/mol. The molecule has 2 heterocycles. The lowest BCUT2D eigenvalue weighted by Crippen LogP contribution is -2.09. The summed E-state index contributed by atoms with van der Waals surface area (Å²) in [5.74, 6) is 0. The first-order valence-corrected chi connectivity index (χ1v) is 16.7. The highest BCUT2D eigenvalue weighted by molar-refractivity contribution is 7.26. The summed E-state index contributed by atoms with van der Waals surface area (Å²) < 4.78 is 8.86. The Hall–Kier alpha value is -5.90. The van der Waals surface area contributed by atoms with Crippen molar-refractivity contribution < 1.29 is 4.42 Å². The molecule has 47 heavy (non-hydrogen) atoms. The van der Waals surface area contributed by atoms with Crippen LogP contribution in [0.3, 0.4) is 0 Å². The van der Waals surface area contributed by atoms with Gasteiger partial charge < -0.3 is 9.32 Å². The van der Waals surface area contributed by atoms with Crippen LogP contribution in [0, 0.1) is 0 Å². The van der Waals surface area contributed by atoms with Gasteiger partial charge in [0.15, 0.2) is 0 Å². The Bertz CT molecular complexity index is 2790. The van der Waals surface area contributed by atoms with E-state index in [1.165, 1.54) is 52.8 Å². The molecule has 8 aromatic carbocycles. The van der Waals surface area contributed by atoms with Crippen LogP contribution in [-0.4, -0.2) is 0 Å². The summed E-state index contributed by atoms with van der Waals surface area (Å²) in [6, 6.07) is 59.1. The summed E-state index contributed by atoms with van der Waals surface area (Å²) in [5, 5.41) is 9.97. The average Bonchev–Trinajstić information content (AvgIpc) is 3.70. The van der Waals surface area contributed by atoms with E-state index in [1.807, 2.05) is 23.5 Å². The number of anilines is 3. The third kappa shape index (κ3) is 4.17. The molecule has 0 radical (unpaired) electrons. The predicted molar refractivity (Wildman–Crippen MR) is 202 cm³/mol. The van der Waals surface area contributed by atoms with Crippen molar-refractivity contribution in [3.05, 3.63) is 164 Å². The van der Waals surface area contributed by atoms with Crippen molar-refractivity contribution in [2.75, 3.05) is 4.90 Å². The highest BCUT2D eigenvalue weighted by atomic mass is 32.1. The van der Waals surface area contributed by atoms with Crippen molar-refractivity contribution in [3.8, 4) is 11.1 Å². The molecule has 0 fully saturated rings. The summed E-state index contributed by atoms with van der Waals surface area (Å²) in [7, 11) is 0. The lowest BCUT2D eigenvalue weighted by molar-refractivity contribution is 0.669. The van der Waals surface area contributed by atoms with Gasteiger partial charge in [-0.15, -0.1) is 11.3 Å². The van der Waals surface area contributed by atoms with E-state index in [0.717, 1.165) is 39.0 Å². The van der Waals surface area contributed by atoms with Crippen LogP contribution >= 0.6 is 11.3 Å². The quantitative estimate of drug-likeness (QED) is 0.183. The van der Waals surface area contributed by atoms with Crippen LogP contribution in [0.4, 0.5) is 17.1 Å². The molecular formula is C44H27NOS. The Kier molecular flexibility index (Phi) is 5.78. The van der Waals surface area contributed by atoms with Crippen molar-refractivity contribution in [1.29, 1.82) is 0 Å². The molecule has 0 spiro atoms. The minimum atomic E-state index is 0.894. The zero-order chi connectivity index (χ0) is 30.9. The first-order chi connectivity index (χ1) is 23.3. The number of hydrogen-bond acceptors (Lipinski definition) is 3. The molecule has 0 unspecified atom stereocenters. The van der Waals surface area contributed by atoms with Crippen LogP contribution in [-0.2, 0) is 0 Å². The van der Waals surface area contributed by atoms with E-state index in [0.29, 0.717) is 0 Å². The maximum absolute atomic E-state index is 6.22. The molecular weight excluding hydrogens is 591 g/mol. The molecule has 0 amide bonds. The normalized spacial score (nSPS) is 11.8. The standard InChI is InChI=1S/C44H27NOS/c1-2-8-28(9-3-1)29-16-20-32(21-17-29)45(34-23-24-40-38(27-34)35-10-4-6-12-39(35)46-40)33-22-18-30-14-15-31-19-25-42-44(43(31)37(30)26-33)36-11-5-7-13-41(36)47-42/h1-27H. The SMILES string of the molecule is c1ccc(-c2ccc(N(c3ccc4oc5ccccc5c4c3)c3ccc4ccc5ccc6sc7ccccc7c6c5c4c3)cc2)cc1. The Morgan fingerprint density at radius 3 is 1.87 bits per heavy atom. The zero-order valence-electron chi connectivity index (χ0n) is 25.4. The largest absolute Gasteiger partial charge is 0.456 e. The molecule has 0 saturated heterocycles. The number of nitrogens with zero attached hydrogens (tertiary/aromatic N) is 1. The summed E-state index contributed by atoms with van der Waals surface area (Å²) in [6.45, 7) is 0. The molecule has 10 aromatic rings. The van der Waals surface area contributed by atoms with Crippen LogP contribution < -0.4 is 4.90 Å². The fraction of sp³-hybridized carbons (Fsp3) is 0. The summed E-state index contributed by atoms with van der Waals surface area (Å²) in [5.41, 5.74) is 7.50. The molecule has 0 aliphatic carbocycles. The molecule has 0 aliphatic rings. The van der Waals surface area contributed by atoms with Gasteiger partial charge in [0.05, 0.1) is 0 Å². The van der Waals surface area contributed by atoms with Gasteiger partial charge in [-0.1, -0.05) is 103 Å². The van der Waals surface area contributed by atoms with Gasteiger partial charge in [0.1, 0.15) is 11.2 Å². The highest BCUT2D eigenvalue weighted by Crippen LogP contribution is 2.44. The maximum Gasteiger partial charge on any atom is 0.135 e. The highest BCUT2D eigenvalue weighted by Gasteiger charge is 2.18. The van der Waals surface area contributed by atoms with Gasteiger partial charge in [0.2, 0.25) is 0 Å². The smallest absolute Gasteiger partial charge is 0.135 e. The van der Waals surface area contributed by atoms with Gasteiger partial charge in [-0.3, -0.25) is 0 Å². The fourth-order valence-corrected chi connectivity index (χ4v) is 8.33. The van der Waals surface area contributed by atoms with E-state index in [9.17, 15) is 0 Å². The Labute approximate surface area is 275 Å². The van der Waals surface area contributed by atoms with Crippen LogP contribution in [0.1, 0.15) is 0 Å². The maximum atomic E-state index is 6.22. The van der Waals surface area contributed by atoms with E-state index in [-0.39, 0.29) is 0 Å². The molecule has 2 nitrogen and oxygen atoms in total. The third-order valence-corrected chi connectivity index (χ3v) is 10.6. The Balaban J connectivity index is 1.23. The number of thiophene rings is 1. The lowest BCUT2D eigenvalue weighted by atomic mass is 9.97. The number of hydrogen-bond donors (Lipinski definition) is 0. The second-order valence-electron chi connectivity index (χ2n) is 12.1. The molecule has 0 atom stereocenters. The van der Waals surface area contributed by atoms with E-state index in [1.54, 1.807) is 0 Å². The summed E-state index contributed by atoms with van der Waals surface area (Å²) >= 11 is 1.87. The number of furan rings is 1. The second-order valence-corrected chi connectivity index (χ2v) is 13.2. The van der Waals surface area contributed by atoms with Crippen molar-refractivity contribution in [1.82, 2.24) is 0 Å². The van der Waals surface area contributed by atoms with Gasteiger partial charge >= 0.3 is 0 Å². The van der Waals surface area contributed by atoms with Crippen molar-refractivity contribution in [3.63, 3.8) is 0 Å². The molecule has 0 saturated carbocycles. The number of benzene rings is 8. The van der Waals surface area contributed by atoms with Gasteiger partial charge in [0, 0.05) is 48.0 Å². The monoisotopic (exact) mass is 617 g/mol. The first kappa shape index (κ1) is 26.3. The number of rotatable bonds is 4. The molecule has 10 rings (SSSR count). The summed E-state index contributed by atoms with van der Waals surface area (Å²) in [6.07, 6.45) is 0. The minimum absolute atomic E-state index is 0.894. The molecule has 3 heteroatoms. The summed E-state index contributed by atoms with van der Waals surface area (Å²) in [4.78, 5) is 2.38. The Morgan fingerprint density at radius 2 is 1.00 bits per heavy atom. The van der Waals surface area contributed by atoms with Crippen LogP contribution in [0.25, 0.3) is 74.8 Å². The van der Waals surface area contributed by atoms with Gasteiger partial charge in [0.25, 0.3) is 0 Å².